The third-order valence-corrected chi connectivity index (χ3v) is 6.53. The van der Waals surface area contributed by atoms with Gasteiger partial charge in [-0.15, -0.1) is 0 Å². The van der Waals surface area contributed by atoms with Gasteiger partial charge >= 0.3 is 0 Å². The summed E-state index contributed by atoms with van der Waals surface area (Å²) in [6.07, 6.45) is 1.15. The molecule has 1 amide bonds. The topological polar surface area (TPSA) is 115 Å². The van der Waals surface area contributed by atoms with Gasteiger partial charge in [-0.2, -0.15) is 0 Å². The number of sulfone groups is 1. The van der Waals surface area contributed by atoms with Crippen LogP contribution in [0, 0.1) is 6.92 Å². The molecule has 3 heterocycles. The van der Waals surface area contributed by atoms with Gasteiger partial charge in [0.15, 0.2) is 15.0 Å². The average molecular weight is 431 g/mol. The average Bonchev–Trinajstić information content (AvgIpc) is 3.22. The van der Waals surface area contributed by atoms with E-state index in [4.69, 9.17) is 4.52 Å². The lowest BCUT2D eigenvalue weighted by Crippen LogP contribution is -2.13. The number of anilines is 1. The van der Waals surface area contributed by atoms with Gasteiger partial charge in [0.05, 0.1) is 31.8 Å². The standard InChI is InChI=1S/C19H18N4O4S2/c1-9(2)14-8-12(16-10(3)23-27-18(16)20-14)17(24)22-19-21-13-6-5-11(29(4,25)26)7-15(13)28-19/h5-9H,1-4H3,(H,21,22,24). The predicted octanol–water partition coefficient (Wildman–Crippen LogP) is 3.92. The Hall–Kier alpha value is -2.85. The summed E-state index contributed by atoms with van der Waals surface area (Å²) in [7, 11) is -3.32. The largest absolute Gasteiger partial charge is 0.336 e. The molecule has 10 heteroatoms. The summed E-state index contributed by atoms with van der Waals surface area (Å²) in [6.45, 7) is 5.71. The Morgan fingerprint density at radius 1 is 1.21 bits per heavy atom. The molecule has 4 rings (SSSR count). The number of aromatic nitrogens is 3. The van der Waals surface area contributed by atoms with E-state index in [0.717, 1.165) is 11.9 Å². The van der Waals surface area contributed by atoms with Crippen molar-refractivity contribution in [3.63, 3.8) is 0 Å². The fraction of sp³-hybridized carbons (Fsp3) is 0.263. The number of benzene rings is 1. The second-order valence-corrected chi connectivity index (χ2v) is 10.1. The first kappa shape index (κ1) is 19.5. The van der Waals surface area contributed by atoms with E-state index < -0.39 is 9.84 Å². The zero-order valence-electron chi connectivity index (χ0n) is 16.2. The minimum absolute atomic E-state index is 0.105. The SMILES string of the molecule is Cc1noc2nc(C(C)C)cc(C(=O)Nc3nc4ccc(S(C)(=O)=O)cc4s3)c12. The second-order valence-electron chi connectivity index (χ2n) is 7.07. The summed E-state index contributed by atoms with van der Waals surface area (Å²) in [5, 5.41) is 7.67. The minimum Gasteiger partial charge on any atom is -0.336 e. The number of thiazole rings is 1. The third kappa shape index (κ3) is 3.60. The lowest BCUT2D eigenvalue weighted by Gasteiger charge is -2.08. The maximum atomic E-state index is 13.0. The quantitative estimate of drug-likeness (QED) is 0.522. The summed E-state index contributed by atoms with van der Waals surface area (Å²) in [6, 6.07) is 6.43. The third-order valence-electron chi connectivity index (χ3n) is 4.48. The highest BCUT2D eigenvalue weighted by atomic mass is 32.2. The van der Waals surface area contributed by atoms with Crippen molar-refractivity contribution in [2.24, 2.45) is 0 Å². The number of nitrogens with zero attached hydrogens (tertiary/aromatic N) is 3. The number of fused-ring (bicyclic) bond motifs is 2. The maximum absolute atomic E-state index is 13.0. The molecule has 29 heavy (non-hydrogen) atoms. The first-order chi connectivity index (χ1) is 13.6. The Morgan fingerprint density at radius 2 is 1.97 bits per heavy atom. The van der Waals surface area contributed by atoms with Gasteiger partial charge in [-0.25, -0.2) is 18.4 Å². The number of carbonyl (C=O) groups excluding carboxylic acids is 1. The molecule has 1 N–H and O–H groups in total. The normalized spacial score (nSPS) is 12.2. The van der Waals surface area contributed by atoms with Crippen molar-refractivity contribution in [1.82, 2.24) is 15.1 Å². The van der Waals surface area contributed by atoms with Gasteiger partial charge < -0.3 is 4.52 Å². The number of nitrogens with one attached hydrogen (secondary N) is 1. The Labute approximate surface area is 170 Å². The second kappa shape index (κ2) is 6.89. The van der Waals surface area contributed by atoms with Crippen LogP contribution < -0.4 is 5.32 Å². The Kier molecular flexibility index (Phi) is 4.62. The Balaban J connectivity index is 1.74. The summed E-state index contributed by atoms with van der Waals surface area (Å²) in [5.41, 5.74) is 2.65. The predicted molar refractivity (Wildman–Crippen MR) is 111 cm³/mol. The number of carbonyl (C=O) groups is 1. The zero-order valence-corrected chi connectivity index (χ0v) is 17.8. The number of amides is 1. The van der Waals surface area contributed by atoms with Gasteiger partial charge in [-0.05, 0) is 37.1 Å². The molecule has 0 aliphatic heterocycles. The van der Waals surface area contributed by atoms with Gasteiger partial charge in [0.1, 0.15) is 0 Å². The fourth-order valence-corrected chi connectivity index (χ4v) is 4.56. The Morgan fingerprint density at radius 3 is 2.66 bits per heavy atom. The summed E-state index contributed by atoms with van der Waals surface area (Å²) in [5.74, 6) is -0.249. The lowest BCUT2D eigenvalue weighted by molar-refractivity contribution is 0.102. The lowest BCUT2D eigenvalue weighted by atomic mass is 10.0. The van der Waals surface area contributed by atoms with E-state index in [0.29, 0.717) is 37.7 Å². The number of aryl methyl sites for hydroxylation is 1. The van der Waals surface area contributed by atoms with Gasteiger partial charge in [0, 0.05) is 11.9 Å². The molecule has 0 aliphatic rings. The van der Waals surface area contributed by atoms with E-state index in [-0.39, 0.29) is 16.7 Å². The molecule has 0 aliphatic carbocycles. The summed E-state index contributed by atoms with van der Waals surface area (Å²) < 4.78 is 29.5. The number of hydrogen-bond donors (Lipinski definition) is 1. The first-order valence-corrected chi connectivity index (χ1v) is 11.5. The molecule has 8 nitrogen and oxygen atoms in total. The van der Waals surface area contributed by atoms with Gasteiger partial charge in [0.2, 0.25) is 0 Å². The van der Waals surface area contributed by atoms with Crippen LogP contribution in [0.2, 0.25) is 0 Å². The fourth-order valence-electron chi connectivity index (χ4n) is 2.94. The molecule has 0 spiro atoms. The van der Waals surface area contributed by atoms with Crippen molar-refractivity contribution in [2.45, 2.75) is 31.6 Å². The van der Waals surface area contributed by atoms with Crippen LogP contribution in [0.4, 0.5) is 5.13 Å². The van der Waals surface area contributed by atoms with Crippen LogP contribution >= 0.6 is 11.3 Å². The zero-order chi connectivity index (χ0) is 20.9. The van der Waals surface area contributed by atoms with Gasteiger partial charge in [0.25, 0.3) is 11.6 Å². The van der Waals surface area contributed by atoms with Crippen LogP contribution in [0.3, 0.4) is 0 Å². The molecule has 3 aromatic heterocycles. The van der Waals surface area contributed by atoms with Crippen LogP contribution in [-0.4, -0.2) is 35.7 Å². The maximum Gasteiger partial charge on any atom is 0.259 e. The van der Waals surface area contributed by atoms with Crippen LogP contribution in [0.5, 0.6) is 0 Å². The van der Waals surface area contributed by atoms with Crippen LogP contribution in [0.15, 0.2) is 33.7 Å². The molecule has 150 valence electrons. The smallest absolute Gasteiger partial charge is 0.259 e. The van der Waals surface area contributed by atoms with Crippen LogP contribution in [0.1, 0.15) is 41.5 Å². The van der Waals surface area contributed by atoms with E-state index in [2.05, 4.69) is 20.4 Å². The van der Waals surface area contributed by atoms with Gasteiger partial charge in [-0.1, -0.05) is 30.3 Å². The molecule has 0 saturated heterocycles. The molecule has 4 aromatic rings. The highest BCUT2D eigenvalue weighted by Crippen LogP contribution is 2.30. The van der Waals surface area contributed by atoms with E-state index >= 15 is 0 Å². The molecule has 1 aromatic carbocycles. The molecular formula is C19H18N4O4S2. The molecule has 0 atom stereocenters. The molecule has 0 radical (unpaired) electrons. The monoisotopic (exact) mass is 430 g/mol. The molecular weight excluding hydrogens is 412 g/mol. The highest BCUT2D eigenvalue weighted by Gasteiger charge is 2.21. The first-order valence-electron chi connectivity index (χ1n) is 8.82. The molecule has 0 saturated carbocycles. The van der Waals surface area contributed by atoms with Crippen molar-refractivity contribution in [3.8, 4) is 0 Å². The van der Waals surface area contributed by atoms with E-state index in [1.807, 2.05) is 13.8 Å². The number of hydrogen-bond acceptors (Lipinski definition) is 8. The number of rotatable bonds is 4. The van der Waals surface area contributed by atoms with Gasteiger partial charge in [-0.3, -0.25) is 10.1 Å². The molecule has 0 bridgehead atoms. The molecule has 0 unspecified atom stereocenters. The van der Waals surface area contributed by atoms with Crippen molar-refractivity contribution < 1.29 is 17.7 Å². The van der Waals surface area contributed by atoms with E-state index in [1.165, 1.54) is 17.4 Å². The van der Waals surface area contributed by atoms with E-state index in [1.54, 1.807) is 25.1 Å². The van der Waals surface area contributed by atoms with Crippen LogP contribution in [0.25, 0.3) is 21.3 Å². The summed E-state index contributed by atoms with van der Waals surface area (Å²) in [4.78, 5) is 22.1. The minimum atomic E-state index is -3.32. The Bertz CT molecular complexity index is 1370. The van der Waals surface area contributed by atoms with E-state index in [9.17, 15) is 13.2 Å². The number of pyridine rings is 1. The van der Waals surface area contributed by atoms with Crippen molar-refractivity contribution >= 4 is 53.5 Å². The van der Waals surface area contributed by atoms with Crippen LogP contribution in [-0.2, 0) is 9.84 Å². The van der Waals surface area contributed by atoms with Crippen molar-refractivity contribution in [1.29, 1.82) is 0 Å². The molecule has 0 fully saturated rings. The van der Waals surface area contributed by atoms with Crippen molar-refractivity contribution in [2.75, 3.05) is 11.6 Å². The summed E-state index contributed by atoms with van der Waals surface area (Å²) >= 11 is 1.21. The highest BCUT2D eigenvalue weighted by molar-refractivity contribution is 7.90. The van der Waals surface area contributed by atoms with Crippen molar-refractivity contribution in [3.05, 3.63) is 41.2 Å².